The van der Waals surface area contributed by atoms with E-state index < -0.39 is 0 Å². The summed E-state index contributed by atoms with van der Waals surface area (Å²) in [5.41, 5.74) is 0.791. The van der Waals surface area contributed by atoms with E-state index in [1.54, 1.807) is 4.90 Å². The molecule has 2 aromatic carbocycles. The van der Waals surface area contributed by atoms with E-state index in [1.807, 2.05) is 42.5 Å². The van der Waals surface area contributed by atoms with Crippen LogP contribution in [0.15, 0.2) is 42.5 Å². The van der Waals surface area contributed by atoms with E-state index >= 15 is 0 Å². The molecule has 0 saturated carbocycles. The van der Waals surface area contributed by atoms with Crippen molar-refractivity contribution >= 4 is 28.3 Å². The lowest BCUT2D eigenvalue weighted by Gasteiger charge is -2.42. The first-order valence-corrected chi connectivity index (χ1v) is 8.97. The summed E-state index contributed by atoms with van der Waals surface area (Å²) < 4.78 is 0.820. The lowest BCUT2D eigenvalue weighted by Crippen LogP contribution is -3.00. The van der Waals surface area contributed by atoms with Crippen LogP contribution in [-0.2, 0) is 9.59 Å². The zero-order valence-corrected chi connectivity index (χ0v) is 16.1. The lowest BCUT2D eigenvalue weighted by molar-refractivity contribution is -0.920. The van der Waals surface area contributed by atoms with Crippen LogP contribution < -0.4 is 17.7 Å². The van der Waals surface area contributed by atoms with E-state index in [1.165, 1.54) is 0 Å². The topological polar surface area (TPSA) is 49.4 Å². The Labute approximate surface area is 161 Å². The van der Waals surface area contributed by atoms with Crippen LogP contribution in [0.25, 0.3) is 10.8 Å². The number of halogens is 1. The molecule has 5 nitrogen and oxygen atoms in total. The van der Waals surface area contributed by atoms with Crippen molar-refractivity contribution in [2.45, 2.75) is 13.8 Å². The van der Waals surface area contributed by atoms with Crippen LogP contribution in [-0.4, -0.2) is 60.5 Å². The molecular formula is C20H26ClN3O2. The number of amides is 2. The van der Waals surface area contributed by atoms with Gasteiger partial charge in [0.15, 0.2) is 6.54 Å². The van der Waals surface area contributed by atoms with Crippen LogP contribution in [0.1, 0.15) is 13.8 Å². The molecule has 1 N–H and O–H groups in total. The molecule has 0 bridgehead atoms. The summed E-state index contributed by atoms with van der Waals surface area (Å²) in [6.07, 6.45) is 0. The highest BCUT2D eigenvalue weighted by Crippen LogP contribution is 2.23. The number of anilines is 1. The Bertz CT molecular complexity index is 784. The predicted molar refractivity (Wildman–Crippen MR) is 100 cm³/mol. The maximum absolute atomic E-state index is 12.5. The quantitative estimate of drug-likeness (QED) is 0.715. The maximum Gasteiger partial charge on any atom is 0.278 e. The second kappa shape index (κ2) is 8.52. The van der Waals surface area contributed by atoms with E-state index in [0.717, 1.165) is 40.6 Å². The fourth-order valence-electron chi connectivity index (χ4n) is 3.55. The van der Waals surface area contributed by atoms with Gasteiger partial charge in [-0.2, -0.15) is 0 Å². The van der Waals surface area contributed by atoms with Gasteiger partial charge in [0.1, 0.15) is 6.54 Å². The second-order valence-electron chi connectivity index (χ2n) is 6.75. The van der Waals surface area contributed by atoms with Crippen LogP contribution in [0.5, 0.6) is 0 Å². The first-order valence-electron chi connectivity index (χ1n) is 8.97. The number of quaternary nitrogens is 1. The molecule has 6 heteroatoms. The number of piperazine rings is 1. The molecule has 0 spiro atoms. The van der Waals surface area contributed by atoms with Crippen molar-refractivity contribution in [2.75, 3.05) is 44.6 Å². The van der Waals surface area contributed by atoms with Gasteiger partial charge in [-0.1, -0.05) is 36.4 Å². The molecule has 2 amide bonds. The Hall–Kier alpha value is -2.11. The van der Waals surface area contributed by atoms with E-state index in [4.69, 9.17) is 0 Å². The molecule has 1 aliphatic rings. The molecule has 1 heterocycles. The Morgan fingerprint density at radius 1 is 1.12 bits per heavy atom. The molecule has 0 aromatic heterocycles. The molecule has 3 rings (SSSR count). The molecule has 1 fully saturated rings. The Morgan fingerprint density at radius 3 is 2.50 bits per heavy atom. The summed E-state index contributed by atoms with van der Waals surface area (Å²) in [7, 11) is 0. The van der Waals surface area contributed by atoms with E-state index in [0.29, 0.717) is 13.1 Å². The molecule has 1 aliphatic heterocycles. The number of nitrogens with zero attached hydrogens (tertiary/aromatic N) is 2. The Morgan fingerprint density at radius 2 is 1.81 bits per heavy atom. The zero-order valence-electron chi connectivity index (χ0n) is 15.4. The summed E-state index contributed by atoms with van der Waals surface area (Å²) in [5, 5.41) is 5.06. The number of likely N-dealkylation sites (N-methyl/N-ethyl adjacent to an activating group) is 1. The third kappa shape index (κ3) is 4.17. The van der Waals surface area contributed by atoms with Crippen molar-refractivity contribution in [2.24, 2.45) is 0 Å². The third-order valence-corrected chi connectivity index (χ3v) is 5.41. The van der Waals surface area contributed by atoms with Gasteiger partial charge in [0.2, 0.25) is 5.91 Å². The van der Waals surface area contributed by atoms with Gasteiger partial charge in [-0.05, 0) is 25.3 Å². The van der Waals surface area contributed by atoms with Crippen molar-refractivity contribution in [3.8, 4) is 0 Å². The van der Waals surface area contributed by atoms with E-state index in [9.17, 15) is 9.59 Å². The molecule has 1 saturated heterocycles. The molecular weight excluding hydrogens is 350 g/mol. The largest absolute Gasteiger partial charge is 1.00 e. The van der Waals surface area contributed by atoms with Gasteiger partial charge in [0.25, 0.3) is 5.91 Å². The van der Waals surface area contributed by atoms with Gasteiger partial charge in [-0.3, -0.25) is 9.59 Å². The first-order chi connectivity index (χ1) is 12.1. The second-order valence-corrected chi connectivity index (χ2v) is 6.75. The summed E-state index contributed by atoms with van der Waals surface area (Å²) in [5.74, 6) is -0.0688. The summed E-state index contributed by atoms with van der Waals surface area (Å²) in [6.45, 7) is 8.34. The molecule has 0 aliphatic carbocycles. The van der Waals surface area contributed by atoms with E-state index in [-0.39, 0.29) is 30.8 Å². The molecule has 0 atom stereocenters. The minimum atomic E-state index is -0.141. The van der Waals surface area contributed by atoms with E-state index in [2.05, 4.69) is 19.2 Å². The van der Waals surface area contributed by atoms with Crippen molar-refractivity contribution in [3.05, 3.63) is 42.5 Å². The van der Waals surface area contributed by atoms with Gasteiger partial charge in [0.05, 0.1) is 26.2 Å². The lowest BCUT2D eigenvalue weighted by atomic mass is 10.1. The monoisotopic (exact) mass is 375 g/mol. The fourth-order valence-corrected chi connectivity index (χ4v) is 3.55. The normalized spacial score (nSPS) is 16.2. The fraction of sp³-hybridized carbons (Fsp3) is 0.400. The number of hydrogen-bond acceptors (Lipinski definition) is 2. The summed E-state index contributed by atoms with van der Waals surface area (Å²) in [4.78, 5) is 26.6. The smallest absolute Gasteiger partial charge is 0.278 e. The number of hydrogen-bond donors (Lipinski definition) is 1. The first kappa shape index (κ1) is 20.2. The highest BCUT2D eigenvalue weighted by molar-refractivity contribution is 6.03. The predicted octanol–water partition coefficient (Wildman–Crippen LogP) is -0.519. The zero-order chi connectivity index (χ0) is 17.9. The van der Waals surface area contributed by atoms with Gasteiger partial charge in [0, 0.05) is 11.1 Å². The standard InChI is InChI=1S/C20H25N3O2.ClH/c1-3-23(4-2)13-12-22(20(25)15-23)14-19(24)21-18-11-7-9-16-8-5-6-10-17(16)18;/h5-11H,3-4,12-15H2,1-2H3;1H. The van der Waals surface area contributed by atoms with Crippen LogP contribution in [0.2, 0.25) is 0 Å². The van der Waals surface area contributed by atoms with Crippen molar-refractivity contribution < 1.29 is 26.5 Å². The molecule has 0 radical (unpaired) electrons. The molecule has 2 aromatic rings. The molecule has 26 heavy (non-hydrogen) atoms. The number of nitrogens with one attached hydrogen (secondary N) is 1. The van der Waals surface area contributed by atoms with Crippen molar-refractivity contribution in [3.63, 3.8) is 0 Å². The maximum atomic E-state index is 12.5. The van der Waals surface area contributed by atoms with Gasteiger partial charge >= 0.3 is 0 Å². The van der Waals surface area contributed by atoms with Gasteiger partial charge in [-0.15, -0.1) is 0 Å². The van der Waals surface area contributed by atoms with Crippen LogP contribution in [0.4, 0.5) is 5.69 Å². The molecule has 140 valence electrons. The average Bonchev–Trinajstić information content (AvgIpc) is 2.64. The van der Waals surface area contributed by atoms with Gasteiger partial charge in [-0.25, -0.2) is 0 Å². The highest BCUT2D eigenvalue weighted by atomic mass is 35.5. The van der Waals surface area contributed by atoms with Gasteiger partial charge < -0.3 is 27.1 Å². The third-order valence-electron chi connectivity index (χ3n) is 5.41. The minimum Gasteiger partial charge on any atom is -1.00 e. The van der Waals surface area contributed by atoms with Crippen LogP contribution >= 0.6 is 0 Å². The van der Waals surface area contributed by atoms with Crippen molar-refractivity contribution in [1.82, 2.24) is 4.90 Å². The number of benzene rings is 2. The average molecular weight is 376 g/mol. The van der Waals surface area contributed by atoms with Crippen molar-refractivity contribution in [1.29, 1.82) is 0 Å². The Kier molecular flexibility index (Phi) is 6.62. The minimum absolute atomic E-state index is 0. The number of carbonyl (C=O) groups excluding carboxylic acids is 2. The molecule has 0 unspecified atom stereocenters. The summed E-state index contributed by atoms with van der Waals surface area (Å²) in [6, 6.07) is 13.8. The number of carbonyl (C=O) groups is 2. The van der Waals surface area contributed by atoms with Crippen LogP contribution in [0.3, 0.4) is 0 Å². The Balaban J connectivity index is 0.00000243. The summed E-state index contributed by atoms with van der Waals surface area (Å²) >= 11 is 0. The van der Waals surface area contributed by atoms with Crippen LogP contribution in [0, 0.1) is 0 Å². The SMILES string of the molecule is CC[N+]1(CC)CCN(CC(=O)Nc2cccc3ccccc23)C(=O)C1.[Cl-]. The number of fused-ring (bicyclic) bond motifs is 1. The highest BCUT2D eigenvalue weighted by Gasteiger charge is 2.35. The number of rotatable bonds is 5.